The lowest BCUT2D eigenvalue weighted by Crippen LogP contribution is -2.55. The zero-order valence-corrected chi connectivity index (χ0v) is 31.6. The highest BCUT2D eigenvalue weighted by Crippen LogP contribution is 2.43. The van der Waals surface area contributed by atoms with Crippen LogP contribution in [-0.4, -0.2) is 87.0 Å². The number of ether oxygens (including phenoxy) is 5. The molecule has 0 aromatic heterocycles. The van der Waals surface area contributed by atoms with Crippen molar-refractivity contribution in [3.05, 3.63) is 86.5 Å². The van der Waals surface area contributed by atoms with Crippen LogP contribution in [-0.2, 0) is 27.3 Å². The number of hydrogen-bond acceptors (Lipinski definition) is 9. The summed E-state index contributed by atoms with van der Waals surface area (Å²) < 4.78 is 28.9. The van der Waals surface area contributed by atoms with Crippen LogP contribution in [0.1, 0.15) is 86.5 Å². The number of benzene rings is 3. The van der Waals surface area contributed by atoms with Crippen molar-refractivity contribution < 1.29 is 42.9 Å². The molecule has 1 heterocycles. The van der Waals surface area contributed by atoms with Crippen LogP contribution in [0.5, 0.6) is 17.2 Å². The number of methoxy groups -OCH3 is 3. The van der Waals surface area contributed by atoms with Crippen LogP contribution >= 0.6 is 0 Å². The monoisotopic (exact) mass is 702 g/mol. The molecule has 0 N–H and O–H groups in total. The molecule has 11 nitrogen and oxygen atoms in total. The van der Waals surface area contributed by atoms with E-state index in [1.54, 1.807) is 33.8 Å². The van der Waals surface area contributed by atoms with Crippen molar-refractivity contribution in [1.82, 2.24) is 9.80 Å². The van der Waals surface area contributed by atoms with Crippen molar-refractivity contribution in [1.29, 1.82) is 0 Å². The van der Waals surface area contributed by atoms with Gasteiger partial charge in [-0.1, -0.05) is 36.4 Å². The molecule has 3 aromatic rings. The van der Waals surface area contributed by atoms with Crippen LogP contribution < -0.4 is 14.2 Å². The van der Waals surface area contributed by atoms with Crippen LogP contribution in [0, 0.1) is 27.7 Å². The van der Waals surface area contributed by atoms with Crippen LogP contribution in [0.3, 0.4) is 0 Å². The third-order valence-corrected chi connectivity index (χ3v) is 9.46. The summed E-state index contributed by atoms with van der Waals surface area (Å²) in [7, 11) is 5.92. The molecule has 2 amide bonds. The van der Waals surface area contributed by atoms with E-state index in [0.717, 1.165) is 22.3 Å². The van der Waals surface area contributed by atoms with E-state index in [9.17, 15) is 14.4 Å². The van der Waals surface area contributed by atoms with Gasteiger partial charge >= 0.3 is 6.09 Å². The first kappa shape index (κ1) is 38.9. The van der Waals surface area contributed by atoms with Gasteiger partial charge in [0.2, 0.25) is 5.91 Å². The van der Waals surface area contributed by atoms with Crippen LogP contribution in [0.25, 0.3) is 0 Å². The van der Waals surface area contributed by atoms with Gasteiger partial charge in [-0.15, -0.1) is 0 Å². The second-order valence-corrected chi connectivity index (χ2v) is 13.9. The number of amides is 2. The number of aryl methyl sites for hydroxylation is 1. The Bertz CT molecular complexity index is 1800. The van der Waals surface area contributed by atoms with E-state index in [-0.39, 0.29) is 43.3 Å². The first-order valence-electron chi connectivity index (χ1n) is 16.9. The Kier molecular flexibility index (Phi) is 12.2. The average Bonchev–Trinajstić information content (AvgIpc) is 3.09. The van der Waals surface area contributed by atoms with Gasteiger partial charge in [0, 0.05) is 13.5 Å². The van der Waals surface area contributed by atoms with E-state index in [4.69, 9.17) is 23.7 Å². The van der Waals surface area contributed by atoms with E-state index in [2.05, 4.69) is 0 Å². The van der Waals surface area contributed by atoms with Gasteiger partial charge in [-0.25, -0.2) is 4.79 Å². The Morgan fingerprint density at radius 3 is 2.14 bits per heavy atom. The third kappa shape index (κ3) is 8.04. The molecule has 3 aromatic carbocycles. The lowest BCUT2D eigenvalue weighted by Gasteiger charge is -2.41. The normalized spacial score (nSPS) is 14.8. The van der Waals surface area contributed by atoms with E-state index in [0.29, 0.717) is 40.0 Å². The fourth-order valence-corrected chi connectivity index (χ4v) is 6.72. The topological polar surface area (TPSA) is 121 Å². The second kappa shape index (κ2) is 16.0. The number of Topliss-reactive ketones (excluding diaryl/α,β-unsaturated/α-hetero) is 1. The number of nitrogens with zero attached hydrogens (tertiary/aromatic N) is 2. The molecule has 2 atom stereocenters. The molecule has 0 aliphatic carbocycles. The molecule has 274 valence electrons. The Hall–Kier alpha value is -4.90. The Balaban J connectivity index is 1.89. The zero-order valence-electron chi connectivity index (χ0n) is 31.6. The Morgan fingerprint density at radius 2 is 1.57 bits per heavy atom. The summed E-state index contributed by atoms with van der Waals surface area (Å²) in [5.74, 6) is 0.260. The summed E-state index contributed by atoms with van der Waals surface area (Å²) in [6.07, 6.45) is -0.184. The summed E-state index contributed by atoms with van der Waals surface area (Å²) in [5, 5.41) is 0. The zero-order chi connectivity index (χ0) is 37.8. The SMILES string of the molecule is COc1c(C)cc(C[C@@H](C(=O)N2CC(=O)c3c(OC)c(C)c(C)c(C)c3[C@@H]2COCc2ccccc2)N(C)C(=O)OC(C)(C)C)c(C=O)c1OC. The predicted molar refractivity (Wildman–Crippen MR) is 193 cm³/mol. The lowest BCUT2D eigenvalue weighted by molar-refractivity contribution is -0.140. The largest absolute Gasteiger partial charge is 0.496 e. The maximum absolute atomic E-state index is 15.1. The summed E-state index contributed by atoms with van der Waals surface area (Å²) in [5.41, 5.74) is 5.09. The maximum Gasteiger partial charge on any atom is 0.410 e. The van der Waals surface area contributed by atoms with Gasteiger partial charge in [-0.2, -0.15) is 0 Å². The summed E-state index contributed by atoms with van der Waals surface area (Å²) in [4.78, 5) is 58.1. The molecule has 0 unspecified atom stereocenters. The minimum absolute atomic E-state index is 0.0608. The van der Waals surface area contributed by atoms with Gasteiger partial charge in [0.1, 0.15) is 17.4 Å². The Morgan fingerprint density at radius 1 is 0.941 bits per heavy atom. The van der Waals surface area contributed by atoms with Crippen molar-refractivity contribution in [3.8, 4) is 17.2 Å². The summed E-state index contributed by atoms with van der Waals surface area (Å²) >= 11 is 0. The minimum atomic E-state index is -1.20. The van der Waals surface area contributed by atoms with Gasteiger partial charge in [0.15, 0.2) is 23.6 Å². The van der Waals surface area contributed by atoms with E-state index >= 15 is 4.79 Å². The first-order valence-corrected chi connectivity index (χ1v) is 16.9. The highest BCUT2D eigenvalue weighted by atomic mass is 16.6. The number of carbonyl (C=O) groups excluding carboxylic acids is 4. The quantitative estimate of drug-likeness (QED) is 0.194. The molecule has 0 saturated heterocycles. The first-order chi connectivity index (χ1) is 24.1. The summed E-state index contributed by atoms with van der Waals surface area (Å²) in [6.45, 7) is 12.9. The van der Waals surface area contributed by atoms with Gasteiger partial charge in [-0.3, -0.25) is 19.3 Å². The third-order valence-electron chi connectivity index (χ3n) is 9.46. The molecule has 4 rings (SSSR count). The van der Waals surface area contributed by atoms with Crippen LogP contribution in [0.15, 0.2) is 36.4 Å². The summed E-state index contributed by atoms with van der Waals surface area (Å²) in [6, 6.07) is 9.49. The van der Waals surface area contributed by atoms with E-state index in [1.807, 2.05) is 51.1 Å². The number of aldehydes is 1. The lowest BCUT2D eigenvalue weighted by atomic mass is 9.83. The fourth-order valence-electron chi connectivity index (χ4n) is 6.72. The number of fused-ring (bicyclic) bond motifs is 1. The van der Waals surface area contributed by atoms with Crippen LogP contribution in [0.2, 0.25) is 0 Å². The molecular formula is C40H50N2O9. The predicted octanol–water partition coefficient (Wildman–Crippen LogP) is 6.52. The van der Waals surface area contributed by atoms with Crippen molar-refractivity contribution in [3.63, 3.8) is 0 Å². The van der Waals surface area contributed by atoms with Gasteiger partial charge in [0.05, 0.1) is 58.3 Å². The van der Waals surface area contributed by atoms with E-state index in [1.165, 1.54) is 38.2 Å². The van der Waals surface area contributed by atoms with E-state index < -0.39 is 29.7 Å². The molecule has 0 fully saturated rings. The van der Waals surface area contributed by atoms with Gasteiger partial charge in [0.25, 0.3) is 0 Å². The number of likely N-dealkylation sites (N-methyl/N-ethyl adjacent to an activating group) is 1. The molecule has 0 radical (unpaired) electrons. The van der Waals surface area contributed by atoms with Gasteiger partial charge in [-0.05, 0) is 87.4 Å². The van der Waals surface area contributed by atoms with Crippen molar-refractivity contribution >= 4 is 24.1 Å². The number of ketones is 1. The van der Waals surface area contributed by atoms with Crippen molar-refractivity contribution in [2.45, 2.75) is 79.2 Å². The minimum Gasteiger partial charge on any atom is -0.496 e. The second-order valence-electron chi connectivity index (χ2n) is 13.9. The van der Waals surface area contributed by atoms with Crippen LogP contribution in [0.4, 0.5) is 4.79 Å². The van der Waals surface area contributed by atoms with Crippen molar-refractivity contribution in [2.75, 3.05) is 41.5 Å². The Labute approximate surface area is 300 Å². The maximum atomic E-state index is 15.1. The van der Waals surface area contributed by atoms with Gasteiger partial charge < -0.3 is 28.6 Å². The molecule has 0 bridgehead atoms. The molecule has 0 saturated carbocycles. The molecule has 1 aliphatic heterocycles. The number of hydrogen-bond donors (Lipinski definition) is 0. The molecule has 0 spiro atoms. The molecule has 51 heavy (non-hydrogen) atoms. The smallest absolute Gasteiger partial charge is 0.410 e. The average molecular weight is 703 g/mol. The highest BCUT2D eigenvalue weighted by Gasteiger charge is 2.43. The standard InChI is InChI=1S/C40H50N2O9/c1-23-17-28(29(20-43)37(49-11)35(23)47-9)18-30(41(8)39(46)51-40(5,6)7)38(45)42-19-32(44)34-33(25(3)24(2)26(4)36(34)48-10)31(42)22-50-21-27-15-13-12-14-16-27/h12-17,20,30-31H,18-19,21-22H2,1-11H3/t30-,31-/m0/s1. The molecule has 1 aliphatic rings. The molecular weight excluding hydrogens is 652 g/mol. The number of carbonyl (C=O) groups is 4. The number of rotatable bonds is 12. The van der Waals surface area contributed by atoms with Crippen molar-refractivity contribution in [2.24, 2.45) is 0 Å². The fraction of sp³-hybridized carbons (Fsp3) is 0.450. The highest BCUT2D eigenvalue weighted by molar-refractivity contribution is 6.06. The molecule has 11 heteroatoms.